The molecule has 1 fully saturated rings. The van der Waals surface area contributed by atoms with Gasteiger partial charge < -0.3 is 14.4 Å². The fourth-order valence-electron chi connectivity index (χ4n) is 2.34. The molecule has 2 rings (SSSR count). The number of benzene rings is 1. The normalized spacial score (nSPS) is 18.9. The van der Waals surface area contributed by atoms with Crippen molar-refractivity contribution in [3.8, 4) is 5.75 Å². The van der Waals surface area contributed by atoms with Gasteiger partial charge in [0.25, 0.3) is 0 Å². The first-order valence-corrected chi connectivity index (χ1v) is 7.45. The topological polar surface area (TPSA) is 24.9 Å². The van der Waals surface area contributed by atoms with Crippen LogP contribution >= 0.6 is 0 Å². The first-order chi connectivity index (χ1) is 9.69. The van der Waals surface area contributed by atoms with Crippen LogP contribution in [0.5, 0.6) is 5.75 Å². The van der Waals surface area contributed by atoms with Crippen molar-refractivity contribution in [2.75, 3.05) is 39.8 Å². The van der Waals surface area contributed by atoms with Gasteiger partial charge in [-0.15, -0.1) is 0 Å². The Morgan fingerprint density at radius 1 is 1.10 bits per heavy atom. The molecule has 20 heavy (non-hydrogen) atoms. The van der Waals surface area contributed by atoms with Gasteiger partial charge in [-0.2, -0.15) is 0 Å². The summed E-state index contributed by atoms with van der Waals surface area (Å²) >= 11 is 0. The Hall–Kier alpha value is -1.10. The van der Waals surface area contributed by atoms with Crippen LogP contribution in [-0.4, -0.2) is 55.9 Å². The first-order valence-electron chi connectivity index (χ1n) is 7.45. The summed E-state index contributed by atoms with van der Waals surface area (Å²) in [4.78, 5) is 4.74. The van der Waals surface area contributed by atoms with Crippen molar-refractivity contribution in [3.05, 3.63) is 29.8 Å². The summed E-state index contributed by atoms with van der Waals surface area (Å²) in [5.41, 5.74) is 1.19. The van der Waals surface area contributed by atoms with Crippen molar-refractivity contribution < 1.29 is 9.47 Å². The van der Waals surface area contributed by atoms with Crippen LogP contribution in [0.4, 0.5) is 0 Å². The summed E-state index contributed by atoms with van der Waals surface area (Å²) in [7, 11) is 2.17. The lowest BCUT2D eigenvalue weighted by atomic mass is 10.2. The Morgan fingerprint density at radius 3 is 2.35 bits per heavy atom. The van der Waals surface area contributed by atoms with Crippen LogP contribution in [0.1, 0.15) is 19.4 Å². The third-order valence-electron chi connectivity index (χ3n) is 3.75. The molecule has 0 N–H and O–H groups in total. The Morgan fingerprint density at radius 2 is 1.75 bits per heavy atom. The molecule has 1 heterocycles. The van der Waals surface area contributed by atoms with E-state index in [9.17, 15) is 0 Å². The fourth-order valence-corrected chi connectivity index (χ4v) is 2.34. The first kappa shape index (κ1) is 15.3. The van der Waals surface area contributed by atoms with Crippen LogP contribution in [-0.2, 0) is 11.3 Å². The molecule has 112 valence electrons. The van der Waals surface area contributed by atoms with Crippen LogP contribution in [0.15, 0.2) is 24.3 Å². The number of piperazine rings is 1. The van der Waals surface area contributed by atoms with Crippen molar-refractivity contribution in [2.45, 2.75) is 26.7 Å². The smallest absolute Gasteiger partial charge is 0.149 e. The molecule has 1 aromatic rings. The molecular weight excluding hydrogens is 252 g/mol. The number of likely N-dealkylation sites (N-methyl/N-ethyl adjacent to an activating group) is 1. The van der Waals surface area contributed by atoms with Crippen LogP contribution < -0.4 is 4.74 Å². The summed E-state index contributed by atoms with van der Waals surface area (Å²) < 4.78 is 11.4. The van der Waals surface area contributed by atoms with Crippen molar-refractivity contribution in [1.82, 2.24) is 9.80 Å². The maximum absolute atomic E-state index is 6.02. The standard InChI is InChI=1S/C16H26N2O2/c1-4-19-13-15-5-7-16(8-6-15)20-14(2)18-11-9-17(3)10-12-18/h5-8,14H,4,9-13H2,1-3H3. The summed E-state index contributed by atoms with van der Waals surface area (Å²) in [6.45, 7) is 9.92. The fraction of sp³-hybridized carbons (Fsp3) is 0.625. The molecule has 0 saturated carbocycles. The SMILES string of the molecule is CCOCc1ccc(OC(C)N2CCN(C)CC2)cc1. The van der Waals surface area contributed by atoms with E-state index in [2.05, 4.69) is 35.9 Å². The number of ether oxygens (including phenoxy) is 2. The van der Waals surface area contributed by atoms with Gasteiger partial charge in [0, 0.05) is 32.8 Å². The molecule has 0 amide bonds. The van der Waals surface area contributed by atoms with E-state index in [1.165, 1.54) is 5.56 Å². The molecule has 0 spiro atoms. The largest absolute Gasteiger partial charge is 0.475 e. The number of rotatable bonds is 6. The molecule has 1 saturated heterocycles. The zero-order valence-electron chi connectivity index (χ0n) is 12.8. The molecule has 0 bridgehead atoms. The second kappa shape index (κ2) is 7.62. The van der Waals surface area contributed by atoms with Crippen molar-refractivity contribution in [1.29, 1.82) is 0 Å². The summed E-state index contributed by atoms with van der Waals surface area (Å²) in [5, 5.41) is 0. The molecule has 4 nitrogen and oxygen atoms in total. The van der Waals surface area contributed by atoms with Gasteiger partial charge >= 0.3 is 0 Å². The third-order valence-corrected chi connectivity index (χ3v) is 3.75. The molecule has 0 radical (unpaired) electrons. The zero-order chi connectivity index (χ0) is 14.4. The van der Waals surface area contributed by atoms with Gasteiger partial charge in [0.05, 0.1) is 6.61 Å². The highest BCUT2D eigenvalue weighted by atomic mass is 16.5. The maximum atomic E-state index is 6.02. The summed E-state index contributed by atoms with van der Waals surface area (Å²) in [6.07, 6.45) is 0.126. The van der Waals surface area contributed by atoms with Gasteiger partial charge in [-0.3, -0.25) is 4.90 Å². The minimum atomic E-state index is 0.126. The lowest BCUT2D eigenvalue weighted by molar-refractivity contribution is 0.00903. The highest BCUT2D eigenvalue weighted by Gasteiger charge is 2.19. The summed E-state index contributed by atoms with van der Waals surface area (Å²) in [6, 6.07) is 8.20. The predicted molar refractivity (Wildman–Crippen MR) is 80.9 cm³/mol. The van der Waals surface area contributed by atoms with Gasteiger partial charge in [-0.1, -0.05) is 12.1 Å². The highest BCUT2D eigenvalue weighted by molar-refractivity contribution is 5.27. The van der Waals surface area contributed by atoms with E-state index >= 15 is 0 Å². The molecule has 0 aliphatic carbocycles. The Bertz CT molecular complexity index is 386. The highest BCUT2D eigenvalue weighted by Crippen LogP contribution is 2.16. The lowest BCUT2D eigenvalue weighted by Gasteiger charge is -2.36. The quantitative estimate of drug-likeness (QED) is 0.796. The van der Waals surface area contributed by atoms with E-state index in [1.807, 2.05) is 19.1 Å². The molecule has 1 unspecified atom stereocenters. The number of nitrogens with zero attached hydrogens (tertiary/aromatic N) is 2. The molecule has 0 aromatic heterocycles. The Labute approximate surface area is 122 Å². The third kappa shape index (κ3) is 4.47. The number of hydrogen-bond acceptors (Lipinski definition) is 4. The molecule has 1 aromatic carbocycles. The Balaban J connectivity index is 1.83. The Kier molecular flexibility index (Phi) is 5.83. The lowest BCUT2D eigenvalue weighted by Crippen LogP contribution is -2.49. The van der Waals surface area contributed by atoms with E-state index in [4.69, 9.17) is 9.47 Å². The van der Waals surface area contributed by atoms with Crippen LogP contribution in [0.3, 0.4) is 0 Å². The van der Waals surface area contributed by atoms with E-state index in [1.54, 1.807) is 0 Å². The minimum Gasteiger partial charge on any atom is -0.475 e. The van der Waals surface area contributed by atoms with Crippen molar-refractivity contribution >= 4 is 0 Å². The molecular formula is C16H26N2O2. The van der Waals surface area contributed by atoms with Gasteiger partial charge in [0.2, 0.25) is 0 Å². The van der Waals surface area contributed by atoms with E-state index in [0.717, 1.165) is 38.5 Å². The molecule has 1 atom stereocenters. The molecule has 1 aliphatic rings. The average molecular weight is 278 g/mol. The second-order valence-corrected chi connectivity index (χ2v) is 5.34. The predicted octanol–water partition coefficient (Wildman–Crippen LogP) is 2.20. The average Bonchev–Trinajstić information content (AvgIpc) is 2.47. The van der Waals surface area contributed by atoms with Crippen LogP contribution in [0.2, 0.25) is 0 Å². The minimum absolute atomic E-state index is 0.126. The van der Waals surface area contributed by atoms with E-state index < -0.39 is 0 Å². The zero-order valence-corrected chi connectivity index (χ0v) is 12.8. The van der Waals surface area contributed by atoms with Crippen molar-refractivity contribution in [2.24, 2.45) is 0 Å². The van der Waals surface area contributed by atoms with Crippen LogP contribution in [0.25, 0.3) is 0 Å². The number of hydrogen-bond donors (Lipinski definition) is 0. The van der Waals surface area contributed by atoms with Gasteiger partial charge in [-0.05, 0) is 38.6 Å². The maximum Gasteiger partial charge on any atom is 0.149 e. The van der Waals surface area contributed by atoms with E-state index in [0.29, 0.717) is 6.61 Å². The second-order valence-electron chi connectivity index (χ2n) is 5.34. The summed E-state index contributed by atoms with van der Waals surface area (Å²) in [5.74, 6) is 0.927. The van der Waals surface area contributed by atoms with Crippen LogP contribution in [0, 0.1) is 0 Å². The van der Waals surface area contributed by atoms with Gasteiger partial charge in [0.15, 0.2) is 0 Å². The van der Waals surface area contributed by atoms with Gasteiger partial charge in [0.1, 0.15) is 12.0 Å². The van der Waals surface area contributed by atoms with Gasteiger partial charge in [-0.25, -0.2) is 0 Å². The molecule has 1 aliphatic heterocycles. The monoisotopic (exact) mass is 278 g/mol. The van der Waals surface area contributed by atoms with E-state index in [-0.39, 0.29) is 6.23 Å². The van der Waals surface area contributed by atoms with Crippen molar-refractivity contribution in [3.63, 3.8) is 0 Å². The molecule has 4 heteroatoms.